The van der Waals surface area contributed by atoms with Crippen molar-refractivity contribution in [3.8, 4) is 0 Å². The molecule has 0 saturated heterocycles. The fourth-order valence-corrected chi connectivity index (χ4v) is 7.30. The first-order valence-corrected chi connectivity index (χ1v) is 18.8. The van der Waals surface area contributed by atoms with Gasteiger partial charge in [0.2, 0.25) is 5.91 Å². The Kier molecular flexibility index (Phi) is 20.2. The van der Waals surface area contributed by atoms with Gasteiger partial charge in [-0.2, -0.15) is 0 Å². The first-order chi connectivity index (χ1) is 21.8. The van der Waals surface area contributed by atoms with Crippen LogP contribution in [0.2, 0.25) is 0 Å². The average Bonchev–Trinajstić information content (AvgIpc) is 3.41. The molecule has 1 aromatic heterocycles. The van der Waals surface area contributed by atoms with Gasteiger partial charge in [0.15, 0.2) is 0 Å². The number of anilines is 1. The van der Waals surface area contributed by atoms with Gasteiger partial charge < -0.3 is 25.2 Å². The second-order valence-electron chi connectivity index (χ2n) is 13.0. The molecule has 0 fully saturated rings. The third kappa shape index (κ3) is 14.9. The molecule has 0 aromatic carbocycles. The Morgan fingerprint density at radius 2 is 1.53 bits per heavy atom. The number of carbonyl (C=O) groups excluding carboxylic acids is 3. The summed E-state index contributed by atoms with van der Waals surface area (Å²) in [5.74, 6) is 0.159. The highest BCUT2D eigenvalue weighted by Crippen LogP contribution is 2.37. The molecule has 0 bridgehead atoms. The minimum absolute atomic E-state index is 0.0150. The zero-order chi connectivity index (χ0) is 32.9. The van der Waals surface area contributed by atoms with E-state index in [1.54, 1.807) is 11.3 Å². The van der Waals surface area contributed by atoms with Crippen molar-refractivity contribution in [2.24, 2.45) is 5.92 Å². The van der Waals surface area contributed by atoms with Crippen LogP contribution in [0, 0.1) is 5.92 Å². The molecule has 8 nitrogen and oxygen atoms in total. The van der Waals surface area contributed by atoms with Gasteiger partial charge in [0.05, 0.1) is 24.6 Å². The predicted molar refractivity (Wildman–Crippen MR) is 188 cm³/mol. The Morgan fingerprint density at radius 1 is 0.889 bits per heavy atom. The van der Waals surface area contributed by atoms with E-state index in [2.05, 4.69) is 29.4 Å². The van der Waals surface area contributed by atoms with Gasteiger partial charge in [-0.1, -0.05) is 78.1 Å². The van der Waals surface area contributed by atoms with E-state index in [1.807, 2.05) is 26.0 Å². The van der Waals surface area contributed by atoms with Crippen molar-refractivity contribution in [1.82, 2.24) is 15.1 Å². The highest BCUT2D eigenvalue weighted by atomic mass is 32.1. The van der Waals surface area contributed by atoms with E-state index in [0.29, 0.717) is 39.1 Å². The normalized spacial score (nSPS) is 13.5. The summed E-state index contributed by atoms with van der Waals surface area (Å²) >= 11 is 1.59. The minimum Gasteiger partial charge on any atom is -0.465 e. The highest BCUT2D eigenvalue weighted by Gasteiger charge is 2.29. The number of nitrogens with zero attached hydrogens (tertiary/aromatic N) is 2. The Labute approximate surface area is 278 Å². The summed E-state index contributed by atoms with van der Waals surface area (Å²) in [4.78, 5) is 44.1. The Bertz CT molecular complexity index is 996. The largest absolute Gasteiger partial charge is 0.465 e. The van der Waals surface area contributed by atoms with Gasteiger partial charge in [-0.25, -0.2) is 0 Å². The molecule has 0 saturated carbocycles. The minimum atomic E-state index is -0.0266. The topological polar surface area (TPSA) is 91.0 Å². The van der Waals surface area contributed by atoms with Crippen molar-refractivity contribution >= 4 is 34.1 Å². The number of fused-ring (bicyclic) bond motifs is 1. The average molecular weight is 649 g/mol. The SMILES string of the molecule is CCCCCCCCC(CCCCCC)C(=O)OCCCCCC(=O)N1CCc2c(sc(NC)c2C(=O)NCCCN(C)C)C1. The molecule has 0 aliphatic carbocycles. The monoisotopic (exact) mass is 648 g/mol. The van der Waals surface area contributed by atoms with E-state index in [0.717, 1.165) is 78.9 Å². The molecule has 2 N–H and O–H groups in total. The van der Waals surface area contributed by atoms with Crippen molar-refractivity contribution in [3.63, 3.8) is 0 Å². The molecular formula is C36H64N4O4S. The molecule has 2 rings (SSSR count). The van der Waals surface area contributed by atoms with Crippen LogP contribution in [0.4, 0.5) is 5.00 Å². The number of hydrogen-bond acceptors (Lipinski definition) is 7. The van der Waals surface area contributed by atoms with Crippen LogP contribution < -0.4 is 10.6 Å². The number of hydrogen-bond donors (Lipinski definition) is 2. The quantitative estimate of drug-likeness (QED) is 0.0831. The van der Waals surface area contributed by atoms with E-state index in [-0.39, 0.29) is 23.7 Å². The Hall–Kier alpha value is -2.13. The third-order valence-corrected chi connectivity index (χ3v) is 10.1. The summed E-state index contributed by atoms with van der Waals surface area (Å²) in [6, 6.07) is 0. The number of unbranched alkanes of at least 4 members (excludes halogenated alkanes) is 10. The van der Waals surface area contributed by atoms with Gasteiger partial charge in [-0.3, -0.25) is 14.4 Å². The van der Waals surface area contributed by atoms with Crippen LogP contribution in [0.5, 0.6) is 0 Å². The Balaban J connectivity index is 1.72. The van der Waals surface area contributed by atoms with Crippen LogP contribution in [0.15, 0.2) is 0 Å². The first-order valence-electron chi connectivity index (χ1n) is 18.0. The van der Waals surface area contributed by atoms with Crippen LogP contribution in [-0.2, 0) is 27.3 Å². The molecule has 0 radical (unpaired) electrons. The lowest BCUT2D eigenvalue weighted by Crippen LogP contribution is -2.36. The number of amides is 2. The summed E-state index contributed by atoms with van der Waals surface area (Å²) < 4.78 is 5.73. The summed E-state index contributed by atoms with van der Waals surface area (Å²) in [6.07, 6.45) is 18.7. The van der Waals surface area contributed by atoms with Crippen molar-refractivity contribution in [1.29, 1.82) is 0 Å². The van der Waals surface area contributed by atoms with Gasteiger partial charge in [0, 0.05) is 31.4 Å². The standard InChI is InChI=1S/C36H64N4O4S/c1-6-8-10-12-13-16-21-29(20-15-11-9-7-2)36(43)44-27-18-14-17-22-32(41)40-26-23-30-31(28-40)45-35(37-3)33(30)34(42)38-24-19-25-39(4)5/h29,37H,6-28H2,1-5H3,(H,38,42). The van der Waals surface area contributed by atoms with Gasteiger partial charge in [0.1, 0.15) is 5.00 Å². The van der Waals surface area contributed by atoms with E-state index in [4.69, 9.17) is 4.74 Å². The van der Waals surface area contributed by atoms with Crippen molar-refractivity contribution in [2.45, 2.75) is 136 Å². The van der Waals surface area contributed by atoms with Crippen LogP contribution >= 0.6 is 11.3 Å². The van der Waals surface area contributed by atoms with E-state index in [9.17, 15) is 14.4 Å². The lowest BCUT2D eigenvalue weighted by molar-refractivity contribution is -0.149. The smallest absolute Gasteiger partial charge is 0.308 e. The number of esters is 1. The zero-order valence-corrected chi connectivity index (χ0v) is 30.1. The number of carbonyl (C=O) groups is 3. The van der Waals surface area contributed by atoms with E-state index < -0.39 is 0 Å². The van der Waals surface area contributed by atoms with E-state index >= 15 is 0 Å². The molecule has 0 spiro atoms. The lowest BCUT2D eigenvalue weighted by Gasteiger charge is -2.27. The van der Waals surface area contributed by atoms with Crippen LogP contribution in [0.25, 0.3) is 0 Å². The summed E-state index contributed by atoms with van der Waals surface area (Å²) in [7, 11) is 5.91. The van der Waals surface area contributed by atoms with Crippen molar-refractivity contribution < 1.29 is 19.1 Å². The molecular weight excluding hydrogens is 584 g/mol. The molecule has 1 aromatic rings. The zero-order valence-electron chi connectivity index (χ0n) is 29.3. The van der Waals surface area contributed by atoms with Gasteiger partial charge >= 0.3 is 5.97 Å². The maximum absolute atomic E-state index is 13.0. The van der Waals surface area contributed by atoms with Gasteiger partial charge in [-0.15, -0.1) is 11.3 Å². The molecule has 9 heteroatoms. The lowest BCUT2D eigenvalue weighted by atomic mass is 9.94. The highest BCUT2D eigenvalue weighted by molar-refractivity contribution is 7.16. The number of nitrogens with one attached hydrogen (secondary N) is 2. The molecule has 45 heavy (non-hydrogen) atoms. The molecule has 1 atom stereocenters. The Morgan fingerprint density at radius 3 is 2.20 bits per heavy atom. The van der Waals surface area contributed by atoms with Crippen molar-refractivity contribution in [3.05, 3.63) is 16.0 Å². The molecule has 2 heterocycles. The second-order valence-corrected chi connectivity index (χ2v) is 14.1. The van der Waals surface area contributed by atoms with Gasteiger partial charge in [0.25, 0.3) is 5.91 Å². The third-order valence-electron chi connectivity index (χ3n) is 8.86. The molecule has 1 aliphatic heterocycles. The number of thiophene rings is 1. The summed E-state index contributed by atoms with van der Waals surface area (Å²) in [5.41, 5.74) is 1.83. The maximum atomic E-state index is 13.0. The summed E-state index contributed by atoms with van der Waals surface area (Å²) in [5, 5.41) is 7.15. The van der Waals surface area contributed by atoms with Gasteiger partial charge in [-0.05, 0) is 71.1 Å². The van der Waals surface area contributed by atoms with Crippen LogP contribution in [0.1, 0.15) is 144 Å². The van der Waals surface area contributed by atoms with Crippen LogP contribution in [0.3, 0.4) is 0 Å². The molecule has 258 valence electrons. The predicted octanol–water partition coefficient (Wildman–Crippen LogP) is 7.80. The first kappa shape index (κ1) is 39.1. The molecule has 2 amide bonds. The fourth-order valence-electron chi connectivity index (χ4n) is 6.09. The van der Waals surface area contributed by atoms with Crippen LogP contribution in [-0.4, -0.2) is 75.0 Å². The molecule has 1 unspecified atom stereocenters. The second kappa shape index (κ2) is 23.2. The summed E-state index contributed by atoms with van der Waals surface area (Å²) in [6.45, 7) is 7.69. The maximum Gasteiger partial charge on any atom is 0.308 e. The fraction of sp³-hybridized carbons (Fsp3) is 0.806. The van der Waals surface area contributed by atoms with E-state index in [1.165, 1.54) is 51.4 Å². The number of ether oxygens (including phenoxy) is 1. The molecule has 1 aliphatic rings. The van der Waals surface area contributed by atoms with Crippen molar-refractivity contribution in [2.75, 3.05) is 52.7 Å². The number of rotatable bonds is 25.